The number of oxime groups is 1. The van der Waals surface area contributed by atoms with Crippen molar-refractivity contribution in [1.29, 1.82) is 0 Å². The van der Waals surface area contributed by atoms with E-state index in [1.54, 1.807) is 11.3 Å². The maximum atomic E-state index is 10.2. The Labute approximate surface area is 194 Å². The van der Waals surface area contributed by atoms with Crippen LogP contribution in [0.4, 0.5) is 0 Å². The lowest BCUT2D eigenvalue weighted by Crippen LogP contribution is -2.23. The lowest BCUT2D eigenvalue weighted by Gasteiger charge is -2.05. The molecule has 0 aliphatic rings. The van der Waals surface area contributed by atoms with E-state index in [0.717, 1.165) is 24.6 Å². The summed E-state index contributed by atoms with van der Waals surface area (Å²) in [6, 6.07) is 9.81. The van der Waals surface area contributed by atoms with E-state index in [4.69, 9.17) is 26.1 Å². The summed E-state index contributed by atoms with van der Waals surface area (Å²) < 4.78 is 11.2. The number of aryl methyl sites for hydroxylation is 1. The predicted molar refractivity (Wildman–Crippen MR) is 124 cm³/mol. The van der Waals surface area contributed by atoms with Gasteiger partial charge in [-0.3, -0.25) is 4.79 Å². The molecule has 2 rings (SSSR count). The van der Waals surface area contributed by atoms with Gasteiger partial charge in [0, 0.05) is 10.9 Å². The molecule has 29 heavy (non-hydrogen) atoms. The van der Waals surface area contributed by atoms with Gasteiger partial charge in [-0.1, -0.05) is 17.7 Å². The molecule has 0 fully saturated rings. The lowest BCUT2D eigenvalue weighted by molar-refractivity contribution is -0.135. The first-order valence-corrected chi connectivity index (χ1v) is 11.5. The minimum absolute atomic E-state index is 0.0438. The number of carbonyl (C=O) groups is 1. The minimum Gasteiger partial charge on any atom is -0.493 e. The van der Waals surface area contributed by atoms with Crippen LogP contribution in [-0.4, -0.2) is 36.8 Å². The molecule has 6 N–H and O–H groups in total. The van der Waals surface area contributed by atoms with Crippen molar-refractivity contribution in [3.05, 3.63) is 44.2 Å². The highest BCUT2D eigenvalue weighted by atomic mass is 79.9. The Balaban J connectivity index is 0.000000296. The molecule has 0 aliphatic carbocycles. The van der Waals surface area contributed by atoms with Gasteiger partial charge in [-0.05, 0) is 74.1 Å². The maximum Gasteiger partial charge on any atom is 0.318 e. The third-order valence-corrected chi connectivity index (χ3v) is 7.02. The molecule has 160 valence electrons. The van der Waals surface area contributed by atoms with Crippen LogP contribution in [0.5, 0.6) is 5.75 Å². The fourth-order valence-corrected chi connectivity index (χ4v) is 4.97. The Morgan fingerprint density at radius 2 is 1.97 bits per heavy atom. The van der Waals surface area contributed by atoms with Crippen molar-refractivity contribution in [2.75, 3.05) is 19.8 Å². The molecule has 2 aromatic rings. The summed E-state index contributed by atoms with van der Waals surface area (Å²) in [6.07, 6.45) is 0.727. The maximum absolute atomic E-state index is 10.2. The van der Waals surface area contributed by atoms with E-state index in [-0.39, 0.29) is 12.5 Å². The van der Waals surface area contributed by atoms with Crippen molar-refractivity contribution >= 4 is 67.1 Å². The van der Waals surface area contributed by atoms with Crippen LogP contribution in [0.1, 0.15) is 12.0 Å². The van der Waals surface area contributed by atoms with Gasteiger partial charge in [0.15, 0.2) is 0 Å². The van der Waals surface area contributed by atoms with Crippen molar-refractivity contribution in [3.63, 3.8) is 0 Å². The molecule has 0 radical (unpaired) electrons. The van der Waals surface area contributed by atoms with E-state index < -0.39 is 5.97 Å². The topological polar surface area (TPSA) is 132 Å². The molecule has 1 heterocycles. The average Bonchev–Trinajstić information content (AvgIpc) is 2.97. The van der Waals surface area contributed by atoms with Crippen molar-refractivity contribution in [2.45, 2.75) is 17.6 Å². The number of ether oxygens (including phenoxy) is 1. The molecule has 0 unspecified atom stereocenters. The van der Waals surface area contributed by atoms with Gasteiger partial charge < -0.3 is 26.1 Å². The largest absolute Gasteiger partial charge is 0.493 e. The molecule has 1 aromatic carbocycles. The smallest absolute Gasteiger partial charge is 0.318 e. The fraction of sp³-hybridized carbons (Fsp3) is 0.294. The third kappa shape index (κ3) is 12.6. The number of thiophene rings is 1. The Hall–Kier alpha value is -1.47. The Kier molecular flexibility index (Phi) is 12.8. The van der Waals surface area contributed by atoms with Gasteiger partial charge in [-0.2, -0.15) is 0 Å². The molecule has 0 spiro atoms. The first-order chi connectivity index (χ1) is 13.8. The zero-order valence-electron chi connectivity index (χ0n) is 15.6. The molecular formula is C17H22Br2N4O4S2. The minimum atomic E-state index is -0.859. The van der Waals surface area contributed by atoms with E-state index in [1.165, 1.54) is 17.5 Å². The van der Waals surface area contributed by atoms with Crippen LogP contribution in [-0.2, 0) is 9.63 Å². The first-order valence-electron chi connectivity index (χ1n) is 8.24. The van der Waals surface area contributed by atoms with Crippen molar-refractivity contribution in [1.82, 2.24) is 4.72 Å². The highest BCUT2D eigenvalue weighted by molar-refractivity contribution is 9.13. The Bertz CT molecular complexity index is 765. The molecule has 8 nitrogen and oxygen atoms in total. The summed E-state index contributed by atoms with van der Waals surface area (Å²) in [4.78, 5) is 15.0. The quantitative estimate of drug-likeness (QED) is 0.111. The van der Waals surface area contributed by atoms with Gasteiger partial charge in [0.2, 0.25) is 5.96 Å². The Morgan fingerprint density at radius 1 is 1.28 bits per heavy atom. The predicted octanol–water partition coefficient (Wildman–Crippen LogP) is 3.92. The van der Waals surface area contributed by atoms with Gasteiger partial charge >= 0.3 is 5.97 Å². The van der Waals surface area contributed by atoms with E-state index in [2.05, 4.69) is 41.7 Å². The summed E-state index contributed by atoms with van der Waals surface area (Å²) in [6.45, 7) is 3.00. The number of aliphatic carboxylic acids is 1. The first kappa shape index (κ1) is 25.6. The number of halogens is 2. The van der Waals surface area contributed by atoms with Crippen molar-refractivity contribution in [2.24, 2.45) is 16.6 Å². The van der Waals surface area contributed by atoms with Gasteiger partial charge in [-0.15, -0.1) is 11.3 Å². The van der Waals surface area contributed by atoms with Gasteiger partial charge in [0.25, 0.3) is 0 Å². The van der Waals surface area contributed by atoms with E-state index in [0.29, 0.717) is 13.2 Å². The average molecular weight is 570 g/mol. The summed E-state index contributed by atoms with van der Waals surface area (Å²) >= 11 is 9.55. The number of nitrogens with two attached hydrogens (primary N) is 2. The van der Waals surface area contributed by atoms with Gasteiger partial charge in [0.1, 0.15) is 18.9 Å². The molecule has 0 saturated carbocycles. The third-order valence-electron chi connectivity index (χ3n) is 2.86. The number of benzene rings is 1. The summed E-state index contributed by atoms with van der Waals surface area (Å²) in [7, 11) is 0. The number of carboxylic acids is 1. The second kappa shape index (κ2) is 14.5. The van der Waals surface area contributed by atoms with Crippen LogP contribution >= 0.6 is 55.1 Å². The summed E-state index contributed by atoms with van der Waals surface area (Å²) in [5.41, 5.74) is 11.4. The normalized spacial score (nSPS) is 9.90. The number of nitrogens with zero attached hydrogens (tertiary/aromatic N) is 1. The van der Waals surface area contributed by atoms with Crippen molar-refractivity contribution in [3.8, 4) is 5.75 Å². The van der Waals surface area contributed by atoms with Crippen LogP contribution in [0.2, 0.25) is 0 Å². The second-order valence-corrected chi connectivity index (χ2v) is 9.78. The fourth-order valence-electron chi connectivity index (χ4n) is 1.61. The molecule has 0 atom stereocenters. The molecule has 12 heteroatoms. The zero-order chi connectivity index (χ0) is 21.6. The standard InChI is InChI=1S/C11H17N3O2.C6H5Br2NO2S2/c1-9-3-5-10(6-4-9)15-7-2-8-16-14-11(12)13;7-3-1-5(12-6(3)8)13-9-2-4(10)11/h3-6H,2,7-8H2,1H3,(H4,12,13,14);1,9H,2H2,(H,10,11). The second-order valence-electron chi connectivity index (χ2n) is 5.37. The van der Waals surface area contributed by atoms with E-state index in [1.807, 2.05) is 37.3 Å². The van der Waals surface area contributed by atoms with Crippen LogP contribution < -0.4 is 20.9 Å². The number of nitrogens with one attached hydrogen (secondary N) is 1. The van der Waals surface area contributed by atoms with Gasteiger partial charge in [-0.25, -0.2) is 4.72 Å². The summed E-state index contributed by atoms with van der Waals surface area (Å²) in [5, 5.41) is 11.8. The van der Waals surface area contributed by atoms with E-state index in [9.17, 15) is 4.79 Å². The number of hydrogen-bond acceptors (Lipinski definition) is 7. The lowest BCUT2D eigenvalue weighted by atomic mass is 10.2. The number of guanidine groups is 1. The molecule has 1 aromatic heterocycles. The van der Waals surface area contributed by atoms with E-state index >= 15 is 0 Å². The number of rotatable bonds is 10. The monoisotopic (exact) mass is 568 g/mol. The molecule has 0 amide bonds. The number of carboxylic acid groups (broad SMARTS) is 1. The van der Waals surface area contributed by atoms with Crippen LogP contribution in [0.15, 0.2) is 48.0 Å². The highest BCUT2D eigenvalue weighted by Gasteiger charge is 2.05. The number of hydrogen-bond donors (Lipinski definition) is 4. The molecular weight excluding hydrogens is 548 g/mol. The SMILES string of the molecule is Cc1ccc(OCCCON=C(N)N)cc1.O=C(O)CNSc1cc(Br)c(Br)s1. The van der Waals surface area contributed by atoms with Crippen molar-refractivity contribution < 1.29 is 19.5 Å². The summed E-state index contributed by atoms with van der Waals surface area (Å²) in [5.74, 6) is -0.0749. The van der Waals surface area contributed by atoms with Gasteiger partial charge in [0.05, 0.1) is 14.6 Å². The van der Waals surface area contributed by atoms with Crippen LogP contribution in [0.25, 0.3) is 0 Å². The molecule has 0 bridgehead atoms. The highest BCUT2D eigenvalue weighted by Crippen LogP contribution is 2.36. The Morgan fingerprint density at radius 3 is 2.52 bits per heavy atom. The van der Waals surface area contributed by atoms with Crippen LogP contribution in [0.3, 0.4) is 0 Å². The zero-order valence-corrected chi connectivity index (χ0v) is 20.4. The van der Waals surface area contributed by atoms with Crippen LogP contribution in [0, 0.1) is 6.92 Å². The molecule has 0 aliphatic heterocycles. The molecule has 0 saturated heterocycles.